The molecule has 4 nitrogen and oxygen atoms in total. The van der Waals surface area contributed by atoms with Gasteiger partial charge in [0.25, 0.3) is 0 Å². The Morgan fingerprint density at radius 3 is 1.28 bits per heavy atom. The summed E-state index contributed by atoms with van der Waals surface area (Å²) >= 11 is 3.48. The second-order valence-electron chi connectivity index (χ2n) is 9.53. The van der Waals surface area contributed by atoms with Crippen molar-refractivity contribution < 1.29 is 30.0 Å². The predicted molar refractivity (Wildman–Crippen MR) is 185 cm³/mol. The number of carbonyl (C=O) groups excluding carboxylic acids is 1. The van der Waals surface area contributed by atoms with Crippen molar-refractivity contribution in [2.75, 3.05) is 0 Å². The average molecular weight is 817 g/mol. The van der Waals surface area contributed by atoms with Gasteiger partial charge >= 0.3 is 0 Å². The quantitative estimate of drug-likeness (QED) is 0.0984. The Balaban J connectivity index is 0.000000205. The molecule has 0 bridgehead atoms. The summed E-state index contributed by atoms with van der Waals surface area (Å²) in [7, 11) is 0. The smallest absolute Gasteiger partial charge is 0.155 e. The molecule has 6 rings (SSSR count). The minimum absolute atomic E-state index is 0. The van der Waals surface area contributed by atoms with Crippen LogP contribution in [0.4, 0.5) is 0 Å². The zero-order valence-electron chi connectivity index (χ0n) is 25.3. The van der Waals surface area contributed by atoms with Gasteiger partial charge < -0.3 is 15.1 Å². The molecule has 46 heavy (non-hydrogen) atoms. The van der Waals surface area contributed by atoms with E-state index in [4.69, 9.17) is 5.11 Å². The van der Waals surface area contributed by atoms with Gasteiger partial charge in [-0.15, -0.1) is 83.2 Å². The van der Waals surface area contributed by atoms with Crippen molar-refractivity contribution in [3.05, 3.63) is 170 Å². The number of hydrogen-bond acceptors (Lipinski definition) is 6. The second-order valence-corrected chi connectivity index (χ2v) is 11.8. The first kappa shape index (κ1) is 36.2. The fraction of sp³-hybridized carbons (Fsp3) is 0.0513. The van der Waals surface area contributed by atoms with E-state index in [-0.39, 0.29) is 31.6 Å². The molecule has 0 fully saturated rings. The Bertz CT molecular complexity index is 1630. The van der Waals surface area contributed by atoms with E-state index < -0.39 is 0 Å². The minimum atomic E-state index is -0.125. The van der Waals surface area contributed by atoms with E-state index in [2.05, 4.69) is 70.6 Å². The van der Waals surface area contributed by atoms with E-state index >= 15 is 0 Å². The van der Waals surface area contributed by atoms with Crippen molar-refractivity contribution in [1.29, 1.82) is 0 Å². The molecule has 0 saturated carbocycles. The number of benzene rings is 4. The molecule has 0 unspecified atom stereocenters. The van der Waals surface area contributed by atoms with Gasteiger partial charge in [0.05, 0.1) is 5.76 Å². The number of nitrogens with zero attached hydrogens (tertiary/aromatic N) is 2. The van der Waals surface area contributed by atoms with Crippen molar-refractivity contribution in [2.24, 2.45) is 0 Å². The van der Waals surface area contributed by atoms with Gasteiger partial charge in [0.15, 0.2) is 5.78 Å². The first-order chi connectivity index (χ1) is 22.0. The molecule has 1 N–H and O–H groups in total. The molecule has 6 aromatic rings. The number of allylic oxidation sites excluding steroid dienone is 2. The Labute approximate surface area is 293 Å². The molecule has 1 radical (unpaired) electrons. The van der Waals surface area contributed by atoms with Crippen LogP contribution in [0.1, 0.15) is 13.8 Å². The molecule has 0 amide bonds. The molecule has 2 aromatic heterocycles. The van der Waals surface area contributed by atoms with Crippen molar-refractivity contribution >= 4 is 29.3 Å². The van der Waals surface area contributed by atoms with Crippen LogP contribution in [0.2, 0.25) is 0 Å². The van der Waals surface area contributed by atoms with E-state index in [0.717, 1.165) is 22.5 Å². The summed E-state index contributed by atoms with van der Waals surface area (Å²) in [6, 6.07) is 51.5. The van der Waals surface area contributed by atoms with Gasteiger partial charge in [0.1, 0.15) is 0 Å². The van der Waals surface area contributed by atoms with Gasteiger partial charge in [-0.3, -0.25) is 4.79 Å². The van der Waals surface area contributed by atoms with Crippen LogP contribution in [0.5, 0.6) is 0 Å². The molecule has 7 heteroatoms. The molecule has 0 aliphatic heterocycles. The first-order valence-corrected chi connectivity index (χ1v) is 15.8. The van der Waals surface area contributed by atoms with Crippen LogP contribution in [0.25, 0.3) is 22.5 Å². The van der Waals surface area contributed by atoms with E-state index in [9.17, 15) is 4.79 Å². The third-order valence-electron chi connectivity index (χ3n) is 5.82. The third kappa shape index (κ3) is 13.0. The van der Waals surface area contributed by atoms with Crippen molar-refractivity contribution in [1.82, 2.24) is 9.97 Å². The fourth-order valence-corrected chi connectivity index (χ4v) is 5.49. The molecule has 0 atom stereocenters. The van der Waals surface area contributed by atoms with Crippen LogP contribution in [-0.4, -0.2) is 20.9 Å². The van der Waals surface area contributed by atoms with Crippen LogP contribution in [0, 0.1) is 12.1 Å². The number of ketones is 1. The molecule has 0 spiro atoms. The second kappa shape index (κ2) is 20.0. The Morgan fingerprint density at radius 1 is 0.587 bits per heavy atom. The molecule has 0 aliphatic carbocycles. The topological polar surface area (TPSA) is 63.1 Å². The van der Waals surface area contributed by atoms with Crippen molar-refractivity contribution in [2.45, 2.75) is 33.4 Å². The van der Waals surface area contributed by atoms with Gasteiger partial charge in [-0.25, -0.2) is 0 Å². The van der Waals surface area contributed by atoms with Crippen molar-refractivity contribution in [3.63, 3.8) is 0 Å². The summed E-state index contributed by atoms with van der Waals surface area (Å²) in [4.78, 5) is 23.5. The average Bonchev–Trinajstić information content (AvgIpc) is 3.07. The standard InChI is InChI=1S/2C17H12NS.C5H8O2.Ir/c2*1-2-6-15(7-3-1)19-16-11-9-14(10-12-16)17-8-4-5-13-18-17;1-4(6)3-5(2)7;/h2*1-9,11-13H;3,6H,1-2H3;/q2*-1;;/b;;4-3-;. The van der Waals surface area contributed by atoms with E-state index in [1.54, 1.807) is 35.9 Å². The van der Waals surface area contributed by atoms with Gasteiger partial charge in [0, 0.05) is 48.4 Å². The Hall–Kier alpha value is -4.26. The summed E-state index contributed by atoms with van der Waals surface area (Å²) in [5, 5.41) is 8.36. The number of aromatic nitrogens is 2. The molecule has 4 aromatic carbocycles. The number of carbonyl (C=O) groups is 1. The maximum atomic E-state index is 10.0. The predicted octanol–water partition coefficient (Wildman–Crippen LogP) is 10.4. The first-order valence-electron chi connectivity index (χ1n) is 14.2. The summed E-state index contributed by atoms with van der Waals surface area (Å²) in [5.41, 5.74) is 3.97. The Kier molecular flexibility index (Phi) is 15.7. The summed E-state index contributed by atoms with van der Waals surface area (Å²) < 4.78 is 0. The molecule has 0 saturated heterocycles. The third-order valence-corrected chi connectivity index (χ3v) is 7.82. The van der Waals surface area contributed by atoms with Crippen LogP contribution < -0.4 is 0 Å². The number of rotatable bonds is 7. The number of aliphatic hydroxyl groups is 1. The van der Waals surface area contributed by atoms with Gasteiger partial charge in [-0.2, -0.15) is 0 Å². The fourth-order valence-electron chi connectivity index (χ4n) is 3.85. The van der Waals surface area contributed by atoms with Crippen molar-refractivity contribution in [3.8, 4) is 22.5 Å². The van der Waals surface area contributed by atoms with E-state index in [0.29, 0.717) is 0 Å². The van der Waals surface area contributed by atoms with Crippen LogP contribution >= 0.6 is 23.5 Å². The normalized spacial score (nSPS) is 10.3. The van der Waals surface area contributed by atoms with Gasteiger partial charge in [0.2, 0.25) is 0 Å². The summed E-state index contributed by atoms with van der Waals surface area (Å²) in [6.45, 7) is 2.85. The molecular formula is C39H32IrN2O2S2-2. The van der Waals surface area contributed by atoms with E-state index in [1.807, 2.05) is 84.9 Å². The van der Waals surface area contributed by atoms with Gasteiger partial charge in [-0.1, -0.05) is 70.5 Å². The molecule has 0 aliphatic rings. The molecule has 2 heterocycles. The van der Waals surface area contributed by atoms with E-state index in [1.165, 1.54) is 39.5 Å². The largest absolute Gasteiger partial charge is 0.512 e. The summed E-state index contributed by atoms with van der Waals surface area (Å²) in [5.74, 6) is -0.0625. The van der Waals surface area contributed by atoms with Gasteiger partial charge in [-0.05, 0) is 61.6 Å². The van der Waals surface area contributed by atoms with Crippen LogP contribution in [0.15, 0.2) is 177 Å². The monoisotopic (exact) mass is 817 g/mol. The van der Waals surface area contributed by atoms with Crippen LogP contribution in [0.3, 0.4) is 0 Å². The zero-order chi connectivity index (χ0) is 31.7. The molecule has 233 valence electrons. The van der Waals surface area contributed by atoms with Crippen LogP contribution in [-0.2, 0) is 24.9 Å². The number of hydrogen-bond donors (Lipinski definition) is 1. The zero-order valence-corrected chi connectivity index (χ0v) is 29.4. The minimum Gasteiger partial charge on any atom is -0.512 e. The SMILES string of the molecule is CC(=O)/C=C(/C)O.[Ir].[c-]1cc(Sc2ccccc2)ccc1-c1ccccn1.[c-]1cc(Sc2ccccc2)ccc1-c1ccccn1. The number of aliphatic hydroxyl groups excluding tert-OH is 1. The number of pyridine rings is 2. The maximum absolute atomic E-state index is 10.0. The maximum Gasteiger partial charge on any atom is 0.155 e. The summed E-state index contributed by atoms with van der Waals surface area (Å²) in [6.07, 6.45) is 4.77. The Morgan fingerprint density at radius 2 is 1.00 bits per heavy atom. The molecular weight excluding hydrogens is 785 g/mol.